The molecule has 0 bridgehead atoms. The van der Waals surface area contributed by atoms with Crippen LogP contribution in [-0.4, -0.2) is 9.38 Å². The molecule has 0 aliphatic heterocycles. The fraction of sp³-hybridized carbons (Fsp3) is 0.462. The van der Waals surface area contributed by atoms with Gasteiger partial charge in [0.25, 0.3) is 0 Å². The van der Waals surface area contributed by atoms with Gasteiger partial charge in [-0.05, 0) is 45.7 Å². The van der Waals surface area contributed by atoms with Gasteiger partial charge in [0.1, 0.15) is 0 Å². The van der Waals surface area contributed by atoms with E-state index in [9.17, 15) is 0 Å². The average molecular weight is 202 g/mol. The standard InChI is InChI=1S/C13H18N2/c1-6-12-8(2)7-13-10(4)14-9(3)11(5)15(12)13/h7H,6H2,1-5H3. The van der Waals surface area contributed by atoms with Crippen molar-refractivity contribution in [3.63, 3.8) is 0 Å². The quantitative estimate of drug-likeness (QED) is 0.694. The lowest BCUT2D eigenvalue weighted by Crippen LogP contribution is -2.03. The average Bonchev–Trinajstić information content (AvgIpc) is 2.52. The summed E-state index contributed by atoms with van der Waals surface area (Å²) in [5, 5.41) is 0. The smallest absolute Gasteiger partial charge is 0.0671 e. The summed E-state index contributed by atoms with van der Waals surface area (Å²) in [6.07, 6.45) is 1.07. The molecule has 0 radical (unpaired) electrons. The minimum atomic E-state index is 1.07. The van der Waals surface area contributed by atoms with Gasteiger partial charge >= 0.3 is 0 Å². The normalized spacial score (nSPS) is 11.3. The predicted molar refractivity (Wildman–Crippen MR) is 63.5 cm³/mol. The van der Waals surface area contributed by atoms with Crippen molar-refractivity contribution in [2.24, 2.45) is 0 Å². The van der Waals surface area contributed by atoms with Crippen molar-refractivity contribution in [1.82, 2.24) is 9.38 Å². The largest absolute Gasteiger partial charge is 0.314 e. The SMILES string of the molecule is CCc1c(C)cc2c(C)nc(C)c(C)n12. The van der Waals surface area contributed by atoms with Crippen LogP contribution in [-0.2, 0) is 6.42 Å². The van der Waals surface area contributed by atoms with Crippen LogP contribution in [0.5, 0.6) is 0 Å². The molecular formula is C13H18N2. The van der Waals surface area contributed by atoms with Crippen LogP contribution in [0.4, 0.5) is 0 Å². The third-order valence-electron chi connectivity index (χ3n) is 3.22. The first-order chi connectivity index (χ1) is 7.06. The molecule has 2 heterocycles. The molecule has 2 rings (SSSR count). The number of rotatable bonds is 1. The lowest BCUT2D eigenvalue weighted by atomic mass is 10.2. The van der Waals surface area contributed by atoms with E-state index in [4.69, 9.17) is 0 Å². The maximum Gasteiger partial charge on any atom is 0.0671 e. The molecule has 0 aliphatic carbocycles. The van der Waals surface area contributed by atoms with Gasteiger partial charge < -0.3 is 4.40 Å². The Kier molecular flexibility index (Phi) is 2.29. The summed E-state index contributed by atoms with van der Waals surface area (Å²) in [7, 11) is 0. The highest BCUT2D eigenvalue weighted by atomic mass is 15.0. The fourth-order valence-corrected chi connectivity index (χ4v) is 2.31. The Morgan fingerprint density at radius 1 is 1.13 bits per heavy atom. The van der Waals surface area contributed by atoms with Crippen molar-refractivity contribution >= 4 is 5.52 Å². The Balaban J connectivity index is 2.97. The second-order valence-corrected chi connectivity index (χ2v) is 4.22. The molecule has 2 aromatic rings. The Morgan fingerprint density at radius 3 is 2.40 bits per heavy atom. The van der Waals surface area contributed by atoms with E-state index < -0.39 is 0 Å². The van der Waals surface area contributed by atoms with E-state index in [1.807, 2.05) is 0 Å². The van der Waals surface area contributed by atoms with E-state index in [0.717, 1.165) is 17.8 Å². The van der Waals surface area contributed by atoms with Gasteiger partial charge in [-0.25, -0.2) is 0 Å². The number of hydrogen-bond donors (Lipinski definition) is 0. The summed E-state index contributed by atoms with van der Waals surface area (Å²) in [6, 6.07) is 2.24. The molecule has 2 nitrogen and oxygen atoms in total. The van der Waals surface area contributed by atoms with E-state index >= 15 is 0 Å². The number of fused-ring (bicyclic) bond motifs is 1. The van der Waals surface area contributed by atoms with Crippen LogP contribution >= 0.6 is 0 Å². The summed E-state index contributed by atoms with van der Waals surface area (Å²) < 4.78 is 2.35. The molecule has 15 heavy (non-hydrogen) atoms. The van der Waals surface area contributed by atoms with Crippen LogP contribution in [0, 0.1) is 27.7 Å². The summed E-state index contributed by atoms with van der Waals surface area (Å²) in [4.78, 5) is 4.57. The highest BCUT2D eigenvalue weighted by Crippen LogP contribution is 2.21. The van der Waals surface area contributed by atoms with Crippen molar-refractivity contribution in [3.05, 3.63) is 34.4 Å². The molecule has 0 aromatic carbocycles. The Hall–Kier alpha value is -1.31. The molecular weight excluding hydrogens is 184 g/mol. The van der Waals surface area contributed by atoms with Gasteiger partial charge in [0.2, 0.25) is 0 Å². The predicted octanol–water partition coefficient (Wildman–Crippen LogP) is 3.13. The fourth-order valence-electron chi connectivity index (χ4n) is 2.31. The third kappa shape index (κ3) is 1.36. The van der Waals surface area contributed by atoms with Crippen LogP contribution in [0.1, 0.15) is 35.3 Å². The maximum absolute atomic E-state index is 4.57. The summed E-state index contributed by atoms with van der Waals surface area (Å²) in [5.74, 6) is 0. The molecule has 2 heteroatoms. The molecule has 0 unspecified atom stereocenters. The highest BCUT2D eigenvalue weighted by Gasteiger charge is 2.11. The second kappa shape index (κ2) is 3.37. The zero-order valence-corrected chi connectivity index (χ0v) is 10.2. The van der Waals surface area contributed by atoms with Crippen LogP contribution in [0.25, 0.3) is 5.52 Å². The lowest BCUT2D eigenvalue weighted by Gasteiger charge is -2.10. The Bertz CT molecular complexity index is 521. The van der Waals surface area contributed by atoms with Crippen molar-refractivity contribution in [3.8, 4) is 0 Å². The third-order valence-corrected chi connectivity index (χ3v) is 3.22. The van der Waals surface area contributed by atoms with Crippen molar-refractivity contribution in [2.75, 3.05) is 0 Å². The molecule has 2 aromatic heterocycles. The highest BCUT2D eigenvalue weighted by molar-refractivity contribution is 5.58. The van der Waals surface area contributed by atoms with Gasteiger partial charge in [0.05, 0.1) is 16.9 Å². The van der Waals surface area contributed by atoms with E-state index in [2.05, 4.69) is 50.1 Å². The molecule has 0 fully saturated rings. The monoisotopic (exact) mass is 202 g/mol. The molecule has 0 saturated carbocycles. The van der Waals surface area contributed by atoms with Gasteiger partial charge in [-0.1, -0.05) is 6.92 Å². The second-order valence-electron chi connectivity index (χ2n) is 4.22. The first kappa shape index (κ1) is 10.2. The molecule has 0 spiro atoms. The van der Waals surface area contributed by atoms with E-state index in [-0.39, 0.29) is 0 Å². The van der Waals surface area contributed by atoms with Crippen LogP contribution in [0.15, 0.2) is 6.07 Å². The van der Waals surface area contributed by atoms with E-state index in [0.29, 0.717) is 0 Å². The van der Waals surface area contributed by atoms with Gasteiger partial charge in [-0.3, -0.25) is 4.98 Å². The Labute approximate surface area is 91.0 Å². The van der Waals surface area contributed by atoms with Crippen LogP contribution in [0.3, 0.4) is 0 Å². The topological polar surface area (TPSA) is 17.3 Å². The number of nitrogens with zero attached hydrogens (tertiary/aromatic N) is 2. The number of aromatic nitrogens is 2. The summed E-state index contributed by atoms with van der Waals surface area (Å²) in [6.45, 7) is 10.7. The summed E-state index contributed by atoms with van der Waals surface area (Å²) in [5.41, 5.74) is 7.56. The molecule has 80 valence electrons. The molecule has 0 amide bonds. The van der Waals surface area contributed by atoms with Crippen molar-refractivity contribution in [2.45, 2.75) is 41.0 Å². The van der Waals surface area contributed by atoms with Gasteiger partial charge in [0.15, 0.2) is 0 Å². The van der Waals surface area contributed by atoms with Crippen molar-refractivity contribution in [1.29, 1.82) is 0 Å². The maximum atomic E-state index is 4.57. The van der Waals surface area contributed by atoms with Crippen molar-refractivity contribution < 1.29 is 0 Å². The molecule has 0 aliphatic rings. The first-order valence-electron chi connectivity index (χ1n) is 5.51. The minimum Gasteiger partial charge on any atom is -0.314 e. The van der Waals surface area contributed by atoms with Gasteiger partial charge in [0, 0.05) is 11.4 Å². The van der Waals surface area contributed by atoms with Crippen LogP contribution < -0.4 is 0 Å². The van der Waals surface area contributed by atoms with Crippen LogP contribution in [0.2, 0.25) is 0 Å². The van der Waals surface area contributed by atoms with E-state index in [1.165, 1.54) is 22.5 Å². The zero-order valence-electron chi connectivity index (χ0n) is 10.2. The zero-order chi connectivity index (χ0) is 11.2. The lowest BCUT2D eigenvalue weighted by molar-refractivity contribution is 0.904. The molecule has 0 N–H and O–H groups in total. The first-order valence-corrected chi connectivity index (χ1v) is 5.51. The summed E-state index contributed by atoms with van der Waals surface area (Å²) >= 11 is 0. The number of hydrogen-bond acceptors (Lipinski definition) is 1. The Morgan fingerprint density at radius 2 is 1.80 bits per heavy atom. The van der Waals surface area contributed by atoms with E-state index in [1.54, 1.807) is 0 Å². The molecule has 0 saturated heterocycles. The van der Waals surface area contributed by atoms with Gasteiger partial charge in [-0.2, -0.15) is 0 Å². The van der Waals surface area contributed by atoms with Gasteiger partial charge in [-0.15, -0.1) is 0 Å². The number of aryl methyl sites for hydroxylation is 5. The minimum absolute atomic E-state index is 1.07. The molecule has 0 atom stereocenters.